The second-order valence-corrected chi connectivity index (χ2v) is 5.90. The van der Waals surface area contributed by atoms with Crippen LogP contribution in [0.1, 0.15) is 19.8 Å². The first kappa shape index (κ1) is 17.2. The van der Waals surface area contributed by atoms with Crippen LogP contribution in [0.5, 0.6) is 0 Å². The van der Waals surface area contributed by atoms with Crippen LogP contribution in [0.4, 0.5) is 22.9 Å². The molecule has 132 valence electrons. The molecular formula is C18H23N5O2. The summed E-state index contributed by atoms with van der Waals surface area (Å²) in [6.45, 7) is 5.17. The van der Waals surface area contributed by atoms with E-state index in [0.29, 0.717) is 12.2 Å². The maximum absolute atomic E-state index is 11.6. The minimum Gasteiger partial charge on any atom is -0.378 e. The Kier molecular flexibility index (Phi) is 5.79. The van der Waals surface area contributed by atoms with Crippen molar-refractivity contribution >= 4 is 28.8 Å². The molecule has 1 amide bonds. The average molecular weight is 341 g/mol. The molecule has 2 N–H and O–H groups in total. The number of ether oxygens (including phenoxy) is 1. The van der Waals surface area contributed by atoms with E-state index in [9.17, 15) is 4.79 Å². The summed E-state index contributed by atoms with van der Waals surface area (Å²) in [4.78, 5) is 13.8. The molecule has 0 saturated carbocycles. The molecule has 3 rings (SSSR count). The van der Waals surface area contributed by atoms with Crippen LogP contribution < -0.4 is 15.5 Å². The zero-order valence-electron chi connectivity index (χ0n) is 14.4. The molecule has 0 aliphatic carbocycles. The summed E-state index contributed by atoms with van der Waals surface area (Å²) in [5, 5.41) is 14.3. The van der Waals surface area contributed by atoms with Gasteiger partial charge < -0.3 is 20.3 Å². The quantitative estimate of drug-likeness (QED) is 0.841. The lowest BCUT2D eigenvalue weighted by molar-refractivity contribution is -0.116. The van der Waals surface area contributed by atoms with Gasteiger partial charge in [-0.25, -0.2) is 0 Å². The van der Waals surface area contributed by atoms with Crippen molar-refractivity contribution in [2.45, 2.75) is 19.8 Å². The first-order valence-electron chi connectivity index (χ1n) is 8.57. The molecule has 0 bridgehead atoms. The Morgan fingerprint density at radius 2 is 1.92 bits per heavy atom. The lowest BCUT2D eigenvalue weighted by Crippen LogP contribution is -2.36. The van der Waals surface area contributed by atoms with Gasteiger partial charge in [-0.3, -0.25) is 4.79 Å². The van der Waals surface area contributed by atoms with E-state index in [-0.39, 0.29) is 5.91 Å². The number of aromatic nitrogens is 2. The SMILES string of the molecule is CCCC(=O)Nc1ccc(Nc2cc(N3CCOCC3)cnn2)cc1. The van der Waals surface area contributed by atoms with Crippen LogP contribution in [-0.4, -0.2) is 42.4 Å². The van der Waals surface area contributed by atoms with Gasteiger partial charge in [-0.05, 0) is 30.7 Å². The van der Waals surface area contributed by atoms with Crippen molar-refractivity contribution in [2.24, 2.45) is 0 Å². The number of carbonyl (C=O) groups is 1. The Bertz CT molecular complexity index is 699. The Morgan fingerprint density at radius 1 is 1.20 bits per heavy atom. The highest BCUT2D eigenvalue weighted by Gasteiger charge is 2.12. The molecule has 1 saturated heterocycles. The fourth-order valence-corrected chi connectivity index (χ4v) is 2.65. The van der Waals surface area contributed by atoms with Crippen molar-refractivity contribution in [3.63, 3.8) is 0 Å². The van der Waals surface area contributed by atoms with E-state index in [4.69, 9.17) is 4.74 Å². The van der Waals surface area contributed by atoms with Crippen LogP contribution in [0.3, 0.4) is 0 Å². The van der Waals surface area contributed by atoms with Gasteiger partial charge in [0.25, 0.3) is 0 Å². The van der Waals surface area contributed by atoms with Gasteiger partial charge in [0.1, 0.15) is 0 Å². The first-order chi connectivity index (χ1) is 12.2. The molecule has 1 aliphatic heterocycles. The van der Waals surface area contributed by atoms with E-state index < -0.39 is 0 Å². The van der Waals surface area contributed by atoms with Crippen LogP contribution in [0.25, 0.3) is 0 Å². The van der Waals surface area contributed by atoms with Gasteiger partial charge in [0.15, 0.2) is 5.82 Å². The summed E-state index contributed by atoms with van der Waals surface area (Å²) in [5.41, 5.74) is 2.71. The third-order valence-corrected chi connectivity index (χ3v) is 3.93. The van der Waals surface area contributed by atoms with E-state index in [2.05, 4.69) is 25.7 Å². The van der Waals surface area contributed by atoms with Gasteiger partial charge in [0.05, 0.1) is 25.1 Å². The number of hydrogen-bond donors (Lipinski definition) is 2. The number of benzene rings is 1. The molecule has 0 atom stereocenters. The largest absolute Gasteiger partial charge is 0.378 e. The minimum atomic E-state index is 0.0345. The molecule has 0 unspecified atom stereocenters. The molecule has 7 heteroatoms. The molecule has 1 aromatic carbocycles. The number of hydrogen-bond acceptors (Lipinski definition) is 6. The highest BCUT2D eigenvalue weighted by Crippen LogP contribution is 2.21. The third kappa shape index (κ3) is 4.90. The molecule has 0 radical (unpaired) electrons. The van der Waals surface area contributed by atoms with Gasteiger partial charge >= 0.3 is 0 Å². The first-order valence-corrected chi connectivity index (χ1v) is 8.57. The molecule has 0 spiro atoms. The average Bonchev–Trinajstić information content (AvgIpc) is 2.65. The van der Waals surface area contributed by atoms with E-state index >= 15 is 0 Å². The predicted octanol–water partition coefficient (Wildman–Crippen LogP) is 2.80. The fraction of sp³-hybridized carbons (Fsp3) is 0.389. The monoisotopic (exact) mass is 341 g/mol. The number of anilines is 4. The van der Waals surface area contributed by atoms with Crippen LogP contribution in [-0.2, 0) is 9.53 Å². The second-order valence-electron chi connectivity index (χ2n) is 5.90. The summed E-state index contributed by atoms with van der Waals surface area (Å²) in [6, 6.07) is 9.54. The maximum atomic E-state index is 11.6. The van der Waals surface area contributed by atoms with Gasteiger partial charge in [0.2, 0.25) is 5.91 Å². The molecule has 25 heavy (non-hydrogen) atoms. The lowest BCUT2D eigenvalue weighted by atomic mass is 10.2. The lowest BCUT2D eigenvalue weighted by Gasteiger charge is -2.28. The van der Waals surface area contributed by atoms with Gasteiger partial charge in [-0.15, -0.1) is 5.10 Å². The van der Waals surface area contributed by atoms with Crippen LogP contribution in [0.2, 0.25) is 0 Å². The molecule has 2 heterocycles. The molecule has 1 aliphatic rings. The molecular weight excluding hydrogens is 318 g/mol. The highest BCUT2D eigenvalue weighted by atomic mass is 16.5. The number of nitrogens with zero attached hydrogens (tertiary/aromatic N) is 3. The van der Waals surface area contributed by atoms with Crippen molar-refractivity contribution in [1.82, 2.24) is 10.2 Å². The Labute approximate surface area is 147 Å². The smallest absolute Gasteiger partial charge is 0.224 e. The van der Waals surface area contributed by atoms with Crippen molar-refractivity contribution in [3.05, 3.63) is 36.5 Å². The molecule has 1 fully saturated rings. The Hall–Kier alpha value is -2.67. The summed E-state index contributed by atoms with van der Waals surface area (Å²) >= 11 is 0. The van der Waals surface area contributed by atoms with Crippen molar-refractivity contribution in [2.75, 3.05) is 41.8 Å². The Balaban J connectivity index is 1.63. The summed E-state index contributed by atoms with van der Waals surface area (Å²) in [6.07, 6.45) is 3.14. The zero-order valence-corrected chi connectivity index (χ0v) is 14.4. The Morgan fingerprint density at radius 3 is 2.64 bits per heavy atom. The maximum Gasteiger partial charge on any atom is 0.224 e. The van der Waals surface area contributed by atoms with Gasteiger partial charge in [-0.2, -0.15) is 5.10 Å². The summed E-state index contributed by atoms with van der Waals surface area (Å²) in [7, 11) is 0. The van der Waals surface area contributed by atoms with E-state index in [1.807, 2.05) is 37.3 Å². The van der Waals surface area contributed by atoms with Gasteiger partial charge in [0, 0.05) is 37.0 Å². The molecule has 1 aromatic heterocycles. The van der Waals surface area contributed by atoms with Gasteiger partial charge in [-0.1, -0.05) is 6.92 Å². The predicted molar refractivity (Wildman–Crippen MR) is 98.3 cm³/mol. The second kappa shape index (κ2) is 8.43. The fourth-order valence-electron chi connectivity index (χ4n) is 2.65. The number of nitrogens with one attached hydrogen (secondary N) is 2. The number of rotatable bonds is 6. The van der Waals surface area contributed by atoms with Crippen LogP contribution in [0, 0.1) is 0 Å². The zero-order chi connectivity index (χ0) is 17.5. The minimum absolute atomic E-state index is 0.0345. The summed E-state index contributed by atoms with van der Waals surface area (Å²) in [5.74, 6) is 0.721. The number of carbonyl (C=O) groups excluding carboxylic acids is 1. The normalized spacial score (nSPS) is 14.2. The van der Waals surface area contributed by atoms with Crippen LogP contribution >= 0.6 is 0 Å². The molecule has 2 aromatic rings. The van der Waals surface area contributed by atoms with E-state index in [0.717, 1.165) is 49.8 Å². The van der Waals surface area contributed by atoms with E-state index in [1.165, 1.54) is 0 Å². The summed E-state index contributed by atoms with van der Waals surface area (Å²) < 4.78 is 5.38. The molecule has 7 nitrogen and oxygen atoms in total. The standard InChI is InChI=1S/C18H23N5O2/c1-2-3-18(24)21-15-6-4-14(5-7-15)20-17-12-16(13-19-22-17)23-8-10-25-11-9-23/h4-7,12-13H,2-3,8-11H2,1H3,(H,20,22)(H,21,24). The number of amides is 1. The van der Waals surface area contributed by atoms with Crippen molar-refractivity contribution in [3.8, 4) is 0 Å². The third-order valence-electron chi connectivity index (χ3n) is 3.93. The highest BCUT2D eigenvalue weighted by molar-refractivity contribution is 5.90. The van der Waals surface area contributed by atoms with Crippen LogP contribution in [0.15, 0.2) is 36.5 Å². The number of morpholine rings is 1. The topological polar surface area (TPSA) is 79.4 Å². The van der Waals surface area contributed by atoms with Crippen molar-refractivity contribution < 1.29 is 9.53 Å². The van der Waals surface area contributed by atoms with E-state index in [1.54, 1.807) is 6.20 Å². The van der Waals surface area contributed by atoms with Crippen molar-refractivity contribution in [1.29, 1.82) is 0 Å².